The molecule has 0 aliphatic rings. The number of hydrogen-bond acceptors (Lipinski definition) is 3. The van der Waals surface area contributed by atoms with Crippen LogP contribution in [0.2, 0.25) is 0 Å². The minimum absolute atomic E-state index is 0.0337. The van der Waals surface area contributed by atoms with E-state index in [0.717, 1.165) is 5.56 Å². The number of ether oxygens (including phenoxy) is 1. The summed E-state index contributed by atoms with van der Waals surface area (Å²) in [6.45, 7) is 0.0337. The van der Waals surface area contributed by atoms with Crippen LogP contribution in [0.15, 0.2) is 24.3 Å². The second-order valence-electron chi connectivity index (χ2n) is 2.59. The summed E-state index contributed by atoms with van der Waals surface area (Å²) in [5, 5.41) is 8.55. The van der Waals surface area contributed by atoms with Crippen molar-refractivity contribution in [2.45, 2.75) is 0 Å². The molecule has 3 N–H and O–H groups in total. The van der Waals surface area contributed by atoms with E-state index in [9.17, 15) is 0 Å². The number of methoxy groups -OCH3 is 1. The molecule has 3 nitrogen and oxygen atoms in total. The number of nitrogens with two attached hydrogens (primary N) is 1. The van der Waals surface area contributed by atoms with Crippen molar-refractivity contribution in [1.29, 1.82) is 0 Å². The van der Waals surface area contributed by atoms with Crippen LogP contribution < -0.4 is 10.5 Å². The minimum atomic E-state index is 0.0337. The van der Waals surface area contributed by atoms with Gasteiger partial charge in [-0.3, -0.25) is 0 Å². The summed E-state index contributed by atoms with van der Waals surface area (Å²) in [6.07, 6.45) is 3.46. The number of benzene rings is 1. The third kappa shape index (κ3) is 2.49. The average molecular weight is 179 g/mol. The lowest BCUT2D eigenvalue weighted by Crippen LogP contribution is -1.92. The van der Waals surface area contributed by atoms with Crippen LogP contribution in [0.1, 0.15) is 5.56 Å². The van der Waals surface area contributed by atoms with Gasteiger partial charge >= 0.3 is 0 Å². The molecule has 1 rings (SSSR count). The van der Waals surface area contributed by atoms with Crippen molar-refractivity contribution in [3.63, 3.8) is 0 Å². The first kappa shape index (κ1) is 9.61. The van der Waals surface area contributed by atoms with Crippen LogP contribution in [0.3, 0.4) is 0 Å². The molecule has 0 atom stereocenters. The summed E-state index contributed by atoms with van der Waals surface area (Å²) < 4.78 is 5.01. The standard InChI is InChI=1S/C10H13NO2/c1-13-10-5-4-8(3-2-6-12)7-9(10)11/h2-5,7,12H,6,11H2,1H3. The molecule has 0 bridgehead atoms. The van der Waals surface area contributed by atoms with Crippen LogP contribution in [-0.4, -0.2) is 18.8 Å². The van der Waals surface area contributed by atoms with E-state index in [1.165, 1.54) is 0 Å². The lowest BCUT2D eigenvalue weighted by molar-refractivity contribution is 0.343. The molecule has 0 aliphatic heterocycles. The Balaban J connectivity index is 2.89. The van der Waals surface area contributed by atoms with Gasteiger partial charge in [-0.25, -0.2) is 0 Å². The lowest BCUT2D eigenvalue weighted by Gasteiger charge is -2.04. The van der Waals surface area contributed by atoms with Gasteiger partial charge in [0, 0.05) is 0 Å². The van der Waals surface area contributed by atoms with E-state index in [0.29, 0.717) is 11.4 Å². The second-order valence-corrected chi connectivity index (χ2v) is 2.59. The molecule has 0 aromatic heterocycles. The van der Waals surface area contributed by atoms with Gasteiger partial charge in [-0.1, -0.05) is 18.2 Å². The quantitative estimate of drug-likeness (QED) is 0.687. The number of anilines is 1. The first-order valence-corrected chi connectivity index (χ1v) is 3.99. The Labute approximate surface area is 77.4 Å². The van der Waals surface area contributed by atoms with Gasteiger partial charge in [0.1, 0.15) is 5.75 Å². The number of aliphatic hydroxyl groups is 1. The zero-order valence-electron chi connectivity index (χ0n) is 7.53. The van der Waals surface area contributed by atoms with Crippen LogP contribution >= 0.6 is 0 Å². The third-order valence-corrected chi connectivity index (χ3v) is 1.67. The van der Waals surface area contributed by atoms with Crippen molar-refractivity contribution < 1.29 is 9.84 Å². The third-order valence-electron chi connectivity index (χ3n) is 1.67. The first-order valence-electron chi connectivity index (χ1n) is 3.99. The Kier molecular flexibility index (Phi) is 3.34. The van der Waals surface area contributed by atoms with Gasteiger partial charge in [0.25, 0.3) is 0 Å². The molecule has 0 saturated carbocycles. The molecular weight excluding hydrogens is 166 g/mol. The lowest BCUT2D eigenvalue weighted by atomic mass is 10.2. The van der Waals surface area contributed by atoms with Crippen LogP contribution in [0.25, 0.3) is 6.08 Å². The number of nitrogen functional groups attached to an aromatic ring is 1. The number of aliphatic hydroxyl groups excluding tert-OH is 1. The van der Waals surface area contributed by atoms with E-state index in [2.05, 4.69) is 0 Å². The van der Waals surface area contributed by atoms with E-state index >= 15 is 0 Å². The molecule has 0 radical (unpaired) electrons. The molecule has 0 aliphatic carbocycles. The monoisotopic (exact) mass is 179 g/mol. The van der Waals surface area contributed by atoms with Crippen molar-refractivity contribution in [1.82, 2.24) is 0 Å². The number of rotatable bonds is 3. The highest BCUT2D eigenvalue weighted by Gasteiger charge is 1.97. The molecule has 3 heteroatoms. The maximum Gasteiger partial charge on any atom is 0.141 e. The van der Waals surface area contributed by atoms with Crippen LogP contribution in [0.5, 0.6) is 5.75 Å². The van der Waals surface area contributed by atoms with Gasteiger partial charge in [0.05, 0.1) is 19.4 Å². The fourth-order valence-corrected chi connectivity index (χ4v) is 1.05. The highest BCUT2D eigenvalue weighted by atomic mass is 16.5. The Hall–Kier alpha value is -1.48. The highest BCUT2D eigenvalue weighted by Crippen LogP contribution is 2.22. The van der Waals surface area contributed by atoms with Crippen molar-refractivity contribution in [3.8, 4) is 5.75 Å². The SMILES string of the molecule is COc1ccc(C=CCO)cc1N. The molecule has 13 heavy (non-hydrogen) atoms. The molecule has 0 heterocycles. The van der Waals surface area contributed by atoms with E-state index in [1.807, 2.05) is 6.07 Å². The fourth-order valence-electron chi connectivity index (χ4n) is 1.05. The van der Waals surface area contributed by atoms with Crippen molar-refractivity contribution >= 4 is 11.8 Å². The van der Waals surface area contributed by atoms with E-state index < -0.39 is 0 Å². The molecular formula is C10H13NO2. The second kappa shape index (κ2) is 4.52. The van der Waals surface area contributed by atoms with Crippen LogP contribution in [-0.2, 0) is 0 Å². The smallest absolute Gasteiger partial charge is 0.141 e. The summed E-state index contributed by atoms with van der Waals surface area (Å²) >= 11 is 0. The summed E-state index contributed by atoms with van der Waals surface area (Å²) in [6, 6.07) is 5.47. The summed E-state index contributed by atoms with van der Waals surface area (Å²) in [4.78, 5) is 0. The summed E-state index contributed by atoms with van der Waals surface area (Å²) in [5.74, 6) is 0.668. The molecule has 0 saturated heterocycles. The predicted octanol–water partition coefficient (Wildman–Crippen LogP) is 1.28. The molecule has 0 fully saturated rings. The van der Waals surface area contributed by atoms with E-state index in [-0.39, 0.29) is 6.61 Å². The minimum Gasteiger partial charge on any atom is -0.495 e. The maximum atomic E-state index is 8.55. The van der Waals surface area contributed by atoms with E-state index in [1.54, 1.807) is 31.4 Å². The Bertz CT molecular complexity index is 308. The summed E-state index contributed by atoms with van der Waals surface area (Å²) in [5.41, 5.74) is 7.23. The van der Waals surface area contributed by atoms with Gasteiger partial charge in [-0.2, -0.15) is 0 Å². The molecule has 0 unspecified atom stereocenters. The molecule has 1 aromatic rings. The van der Waals surface area contributed by atoms with Gasteiger partial charge in [-0.15, -0.1) is 0 Å². The van der Waals surface area contributed by atoms with Gasteiger partial charge in [-0.05, 0) is 17.7 Å². The van der Waals surface area contributed by atoms with E-state index in [4.69, 9.17) is 15.6 Å². The van der Waals surface area contributed by atoms with Gasteiger partial charge in [0.15, 0.2) is 0 Å². The summed E-state index contributed by atoms with van der Waals surface area (Å²) in [7, 11) is 1.58. The highest BCUT2D eigenvalue weighted by molar-refractivity contribution is 5.61. The van der Waals surface area contributed by atoms with Crippen molar-refractivity contribution in [2.24, 2.45) is 0 Å². The fraction of sp³-hybridized carbons (Fsp3) is 0.200. The Morgan fingerprint density at radius 3 is 2.85 bits per heavy atom. The van der Waals surface area contributed by atoms with Crippen molar-refractivity contribution in [3.05, 3.63) is 29.8 Å². The predicted molar refractivity (Wildman–Crippen MR) is 53.5 cm³/mol. The maximum absolute atomic E-state index is 8.55. The molecule has 1 aromatic carbocycles. The first-order chi connectivity index (χ1) is 6.27. The zero-order chi connectivity index (χ0) is 9.68. The molecule has 0 amide bonds. The molecule has 0 spiro atoms. The Morgan fingerprint density at radius 1 is 1.54 bits per heavy atom. The van der Waals surface area contributed by atoms with Gasteiger partial charge in [0.2, 0.25) is 0 Å². The average Bonchev–Trinajstić information content (AvgIpc) is 2.15. The normalized spacial score (nSPS) is 10.6. The Morgan fingerprint density at radius 2 is 2.31 bits per heavy atom. The largest absolute Gasteiger partial charge is 0.495 e. The van der Waals surface area contributed by atoms with Gasteiger partial charge < -0.3 is 15.6 Å². The zero-order valence-corrected chi connectivity index (χ0v) is 7.53. The van der Waals surface area contributed by atoms with Crippen LogP contribution in [0, 0.1) is 0 Å². The topological polar surface area (TPSA) is 55.5 Å². The van der Waals surface area contributed by atoms with Crippen molar-refractivity contribution in [2.75, 3.05) is 19.5 Å². The van der Waals surface area contributed by atoms with Crippen LogP contribution in [0.4, 0.5) is 5.69 Å². The number of hydrogen-bond donors (Lipinski definition) is 2. The molecule has 70 valence electrons.